The van der Waals surface area contributed by atoms with E-state index in [1.165, 1.54) is 7.05 Å². The lowest BCUT2D eigenvalue weighted by Crippen LogP contribution is -2.28. The summed E-state index contributed by atoms with van der Waals surface area (Å²) < 4.78 is 52.6. The van der Waals surface area contributed by atoms with Crippen LogP contribution < -0.4 is 5.32 Å². The van der Waals surface area contributed by atoms with Gasteiger partial charge in [0.25, 0.3) is 0 Å². The average molecular weight is 316 g/mol. The van der Waals surface area contributed by atoms with Crippen LogP contribution in [0.5, 0.6) is 0 Å². The van der Waals surface area contributed by atoms with E-state index >= 15 is 0 Å². The van der Waals surface area contributed by atoms with E-state index in [1.54, 1.807) is 0 Å². The number of nitrogens with zero attached hydrogens (tertiary/aromatic N) is 1. The molecule has 0 aliphatic heterocycles. The molecule has 0 atom stereocenters. The molecule has 21 heavy (non-hydrogen) atoms. The molecular weight excluding hydrogens is 298 g/mol. The Kier molecular flexibility index (Phi) is 6.27. The van der Waals surface area contributed by atoms with Crippen LogP contribution in [0.1, 0.15) is 18.9 Å². The second kappa shape index (κ2) is 7.50. The van der Waals surface area contributed by atoms with E-state index in [9.17, 15) is 17.2 Å². The Morgan fingerprint density at radius 3 is 2.62 bits per heavy atom. The lowest BCUT2D eigenvalue weighted by Gasteiger charge is -2.16. The first kappa shape index (κ1) is 17.6. The van der Waals surface area contributed by atoms with Crippen molar-refractivity contribution in [2.75, 3.05) is 20.1 Å². The van der Waals surface area contributed by atoms with Crippen LogP contribution in [-0.4, -0.2) is 32.9 Å². The van der Waals surface area contributed by atoms with Crippen LogP contribution in [0.2, 0.25) is 0 Å². The summed E-state index contributed by atoms with van der Waals surface area (Å²) >= 11 is 0. The molecule has 0 radical (unpaired) electrons. The van der Waals surface area contributed by atoms with Crippen molar-refractivity contribution in [2.24, 2.45) is 0 Å². The van der Waals surface area contributed by atoms with Crippen molar-refractivity contribution in [2.45, 2.75) is 24.8 Å². The molecule has 0 amide bonds. The third-order valence-corrected chi connectivity index (χ3v) is 4.62. The van der Waals surface area contributed by atoms with E-state index < -0.39 is 26.6 Å². The number of terminal acetylenes is 1. The number of hydrogen-bond donors (Lipinski definition) is 1. The zero-order chi connectivity index (χ0) is 16.0. The lowest BCUT2D eigenvalue weighted by atomic mass is 10.2. The smallest absolute Gasteiger partial charge is 0.246 e. The topological polar surface area (TPSA) is 49.4 Å². The predicted molar refractivity (Wildman–Crippen MR) is 77.0 cm³/mol. The molecule has 0 saturated carbocycles. The Bertz CT molecular complexity index is 639. The highest BCUT2D eigenvalue weighted by molar-refractivity contribution is 7.89. The van der Waals surface area contributed by atoms with Crippen LogP contribution in [0.15, 0.2) is 17.0 Å². The van der Waals surface area contributed by atoms with Gasteiger partial charge in [0.05, 0.1) is 6.54 Å². The van der Waals surface area contributed by atoms with E-state index in [4.69, 9.17) is 6.42 Å². The molecule has 1 rings (SSSR count). The molecule has 4 nitrogen and oxygen atoms in total. The van der Waals surface area contributed by atoms with Crippen LogP contribution in [0.4, 0.5) is 8.78 Å². The van der Waals surface area contributed by atoms with Gasteiger partial charge in [-0.2, -0.15) is 4.31 Å². The Morgan fingerprint density at radius 1 is 1.38 bits per heavy atom. The highest BCUT2D eigenvalue weighted by Crippen LogP contribution is 2.22. The monoisotopic (exact) mass is 316 g/mol. The molecule has 7 heteroatoms. The van der Waals surface area contributed by atoms with Gasteiger partial charge in [0.1, 0.15) is 4.90 Å². The molecule has 1 aromatic rings. The van der Waals surface area contributed by atoms with Crippen LogP contribution in [0.25, 0.3) is 0 Å². The summed E-state index contributed by atoms with van der Waals surface area (Å²) in [6.07, 6.45) is 5.92. The molecular formula is C14H18F2N2O2S. The minimum Gasteiger partial charge on any atom is -0.313 e. The van der Waals surface area contributed by atoms with Crippen LogP contribution in [-0.2, 0) is 16.6 Å². The summed E-state index contributed by atoms with van der Waals surface area (Å²) in [6.45, 7) is 2.69. The summed E-state index contributed by atoms with van der Waals surface area (Å²) in [5.41, 5.74) is 0.357. The number of halogens is 2. The number of benzene rings is 1. The fourth-order valence-corrected chi connectivity index (χ4v) is 2.90. The van der Waals surface area contributed by atoms with Gasteiger partial charge in [0.2, 0.25) is 10.0 Å². The van der Waals surface area contributed by atoms with Crippen molar-refractivity contribution in [3.05, 3.63) is 29.3 Å². The van der Waals surface area contributed by atoms with Crippen molar-refractivity contribution in [1.82, 2.24) is 9.62 Å². The van der Waals surface area contributed by atoms with E-state index in [0.717, 1.165) is 22.9 Å². The molecule has 0 unspecified atom stereocenters. The summed E-state index contributed by atoms with van der Waals surface area (Å²) in [5, 5.41) is 3.00. The first-order chi connectivity index (χ1) is 9.84. The molecule has 0 heterocycles. The van der Waals surface area contributed by atoms with Gasteiger partial charge in [0, 0.05) is 13.6 Å². The van der Waals surface area contributed by atoms with Crippen molar-refractivity contribution < 1.29 is 17.2 Å². The van der Waals surface area contributed by atoms with E-state index in [2.05, 4.69) is 11.2 Å². The largest absolute Gasteiger partial charge is 0.313 e. The molecule has 0 aliphatic carbocycles. The number of sulfonamides is 1. The van der Waals surface area contributed by atoms with Crippen molar-refractivity contribution >= 4 is 10.0 Å². The molecule has 1 aromatic carbocycles. The Labute approximate surface area is 124 Å². The maximum atomic E-state index is 13.8. The number of hydrogen-bond acceptors (Lipinski definition) is 3. The first-order valence-electron chi connectivity index (χ1n) is 6.43. The van der Waals surface area contributed by atoms with E-state index in [-0.39, 0.29) is 13.1 Å². The van der Waals surface area contributed by atoms with Crippen LogP contribution >= 0.6 is 0 Å². The second-order valence-electron chi connectivity index (χ2n) is 4.53. The molecule has 1 N–H and O–H groups in total. The third-order valence-electron chi connectivity index (χ3n) is 2.81. The SMILES string of the molecule is C#CCN(C)S(=O)(=O)c1cc(CNCCC)cc(F)c1F. The molecule has 0 bridgehead atoms. The lowest BCUT2D eigenvalue weighted by molar-refractivity contribution is 0.463. The Morgan fingerprint density at radius 2 is 2.05 bits per heavy atom. The first-order valence-corrected chi connectivity index (χ1v) is 7.87. The predicted octanol–water partition coefficient (Wildman–Crippen LogP) is 1.72. The van der Waals surface area contributed by atoms with E-state index in [0.29, 0.717) is 12.1 Å². The fraction of sp³-hybridized carbons (Fsp3) is 0.429. The fourth-order valence-electron chi connectivity index (χ4n) is 1.70. The van der Waals surface area contributed by atoms with Crippen LogP contribution in [0.3, 0.4) is 0 Å². The minimum atomic E-state index is -4.16. The van der Waals surface area contributed by atoms with Gasteiger partial charge < -0.3 is 5.32 Å². The van der Waals surface area contributed by atoms with Crippen molar-refractivity contribution in [3.8, 4) is 12.3 Å². The highest BCUT2D eigenvalue weighted by atomic mass is 32.2. The quantitative estimate of drug-likeness (QED) is 0.615. The van der Waals surface area contributed by atoms with Gasteiger partial charge in [0.15, 0.2) is 11.6 Å². The number of nitrogens with one attached hydrogen (secondary N) is 1. The Hall–Kier alpha value is -1.49. The molecule has 116 valence electrons. The van der Waals surface area contributed by atoms with Gasteiger partial charge in [-0.15, -0.1) is 6.42 Å². The Balaban J connectivity index is 3.20. The summed E-state index contributed by atoms with van der Waals surface area (Å²) in [4.78, 5) is -0.700. The summed E-state index contributed by atoms with van der Waals surface area (Å²) in [5.74, 6) is -0.434. The standard InChI is InChI=1S/C14H18F2N2O2S/c1-4-6-17-10-11-8-12(15)14(16)13(9-11)21(19,20)18(3)7-5-2/h2,8-9,17H,4,6-7,10H2,1,3H3. The summed E-state index contributed by atoms with van der Waals surface area (Å²) in [6, 6.07) is 2.11. The normalized spacial score (nSPS) is 11.6. The second-order valence-corrected chi connectivity index (χ2v) is 6.55. The molecule has 0 fully saturated rings. The third kappa shape index (κ3) is 4.24. The van der Waals surface area contributed by atoms with Gasteiger partial charge in [-0.3, -0.25) is 0 Å². The zero-order valence-electron chi connectivity index (χ0n) is 12.0. The average Bonchev–Trinajstić information content (AvgIpc) is 2.42. The van der Waals surface area contributed by atoms with Crippen LogP contribution in [0, 0.1) is 24.0 Å². The van der Waals surface area contributed by atoms with Gasteiger partial charge >= 0.3 is 0 Å². The highest BCUT2D eigenvalue weighted by Gasteiger charge is 2.26. The van der Waals surface area contributed by atoms with Gasteiger partial charge in [-0.05, 0) is 30.7 Å². The molecule has 0 aliphatic rings. The maximum Gasteiger partial charge on any atom is 0.246 e. The molecule has 0 spiro atoms. The molecule has 0 aromatic heterocycles. The summed E-state index contributed by atoms with van der Waals surface area (Å²) in [7, 11) is -2.94. The zero-order valence-corrected chi connectivity index (χ0v) is 12.8. The van der Waals surface area contributed by atoms with Gasteiger partial charge in [-0.25, -0.2) is 17.2 Å². The minimum absolute atomic E-state index is 0.221. The van der Waals surface area contributed by atoms with Crippen molar-refractivity contribution in [3.63, 3.8) is 0 Å². The van der Waals surface area contributed by atoms with E-state index in [1.807, 2.05) is 6.92 Å². The number of rotatable bonds is 7. The molecule has 0 saturated heterocycles. The van der Waals surface area contributed by atoms with Gasteiger partial charge in [-0.1, -0.05) is 12.8 Å². The maximum absolute atomic E-state index is 13.8. The van der Waals surface area contributed by atoms with Crippen molar-refractivity contribution in [1.29, 1.82) is 0 Å².